The van der Waals surface area contributed by atoms with Crippen LogP contribution in [0.15, 0.2) is 17.0 Å². The van der Waals surface area contributed by atoms with E-state index in [1.165, 1.54) is 6.39 Å². The van der Waals surface area contributed by atoms with Gasteiger partial charge in [0.2, 0.25) is 6.39 Å². The molecule has 0 bridgehead atoms. The van der Waals surface area contributed by atoms with Crippen LogP contribution in [0.2, 0.25) is 0 Å². The van der Waals surface area contributed by atoms with E-state index in [1.807, 2.05) is 6.92 Å². The Balaban J connectivity index is 2.10. The summed E-state index contributed by atoms with van der Waals surface area (Å²) in [6, 6.07) is 0.781. The molecule has 0 atom stereocenters. The summed E-state index contributed by atoms with van der Waals surface area (Å²) >= 11 is 0. The Hall–Kier alpha value is -2.25. The van der Waals surface area contributed by atoms with E-state index in [0.29, 0.717) is 12.4 Å². The van der Waals surface area contributed by atoms with Crippen molar-refractivity contribution in [1.29, 1.82) is 0 Å². The Labute approximate surface area is 108 Å². The van der Waals surface area contributed by atoms with Crippen LogP contribution in [0.5, 0.6) is 0 Å². The van der Waals surface area contributed by atoms with Crippen molar-refractivity contribution in [2.24, 2.45) is 0 Å². The quantitative estimate of drug-likeness (QED) is 0.837. The zero-order valence-electron chi connectivity index (χ0n) is 10.3. The van der Waals surface area contributed by atoms with E-state index >= 15 is 0 Å². The standard InChI is InChI=1S/C11H13F2N5O/c1-2-3-14-10-7(12)4-8(13)11(17-10)15-5-9-16-6-19-18-9/h4,6H,2-3,5H2,1H3,(H2,14,15,17). The largest absolute Gasteiger partial charge is 0.368 e. The smallest absolute Gasteiger partial charge is 0.213 e. The average molecular weight is 269 g/mol. The zero-order valence-corrected chi connectivity index (χ0v) is 10.3. The van der Waals surface area contributed by atoms with Crippen LogP contribution in [0, 0.1) is 11.6 Å². The minimum Gasteiger partial charge on any atom is -0.368 e. The maximum absolute atomic E-state index is 13.5. The molecule has 2 rings (SSSR count). The molecule has 102 valence electrons. The van der Waals surface area contributed by atoms with Crippen LogP contribution in [-0.4, -0.2) is 21.7 Å². The third kappa shape index (κ3) is 3.36. The summed E-state index contributed by atoms with van der Waals surface area (Å²) in [4.78, 5) is 7.62. The summed E-state index contributed by atoms with van der Waals surface area (Å²) in [5, 5.41) is 9.02. The van der Waals surface area contributed by atoms with Crippen molar-refractivity contribution in [2.45, 2.75) is 19.9 Å². The Morgan fingerprint density at radius 3 is 2.58 bits per heavy atom. The van der Waals surface area contributed by atoms with Gasteiger partial charge in [-0.05, 0) is 6.42 Å². The predicted octanol–water partition coefficient (Wildman–Crippen LogP) is 2.18. The average Bonchev–Trinajstić information content (AvgIpc) is 2.90. The Morgan fingerprint density at radius 2 is 1.95 bits per heavy atom. The molecular weight excluding hydrogens is 256 g/mol. The molecule has 19 heavy (non-hydrogen) atoms. The molecule has 0 radical (unpaired) electrons. The van der Waals surface area contributed by atoms with Gasteiger partial charge in [-0.1, -0.05) is 12.1 Å². The van der Waals surface area contributed by atoms with Crippen LogP contribution in [-0.2, 0) is 6.54 Å². The molecule has 0 aliphatic rings. The van der Waals surface area contributed by atoms with E-state index in [1.54, 1.807) is 0 Å². The predicted molar refractivity (Wildman–Crippen MR) is 64.6 cm³/mol. The maximum atomic E-state index is 13.5. The van der Waals surface area contributed by atoms with Crippen molar-refractivity contribution < 1.29 is 13.3 Å². The van der Waals surface area contributed by atoms with Crippen LogP contribution >= 0.6 is 0 Å². The number of halogens is 2. The molecule has 6 nitrogen and oxygen atoms in total. The molecule has 8 heteroatoms. The fourth-order valence-corrected chi connectivity index (χ4v) is 1.39. The molecule has 2 aromatic rings. The summed E-state index contributed by atoms with van der Waals surface area (Å²) in [5.74, 6) is -1.20. The van der Waals surface area contributed by atoms with Crippen LogP contribution in [0.1, 0.15) is 19.2 Å². The lowest BCUT2D eigenvalue weighted by molar-refractivity contribution is 0.411. The van der Waals surface area contributed by atoms with Gasteiger partial charge < -0.3 is 15.2 Å². The van der Waals surface area contributed by atoms with Gasteiger partial charge in [0, 0.05) is 12.6 Å². The van der Waals surface area contributed by atoms with Gasteiger partial charge in [0.1, 0.15) is 0 Å². The molecule has 0 amide bonds. The molecule has 0 aromatic carbocycles. The molecule has 0 saturated carbocycles. The molecule has 2 aromatic heterocycles. The number of anilines is 2. The van der Waals surface area contributed by atoms with E-state index in [4.69, 9.17) is 0 Å². The molecule has 0 aliphatic heterocycles. The molecule has 0 fully saturated rings. The van der Waals surface area contributed by atoms with Gasteiger partial charge in [0.15, 0.2) is 29.1 Å². The topological polar surface area (TPSA) is 75.9 Å². The van der Waals surface area contributed by atoms with Crippen molar-refractivity contribution in [1.82, 2.24) is 15.1 Å². The third-order valence-electron chi connectivity index (χ3n) is 2.29. The Bertz CT molecular complexity index is 532. The van der Waals surface area contributed by atoms with Gasteiger partial charge in [-0.3, -0.25) is 0 Å². The van der Waals surface area contributed by atoms with Crippen molar-refractivity contribution in [3.05, 3.63) is 29.9 Å². The summed E-state index contributed by atoms with van der Waals surface area (Å²) in [6.07, 6.45) is 1.98. The van der Waals surface area contributed by atoms with E-state index in [9.17, 15) is 8.78 Å². The maximum Gasteiger partial charge on any atom is 0.213 e. The fraction of sp³-hybridized carbons (Fsp3) is 0.364. The van der Waals surface area contributed by atoms with Gasteiger partial charge in [-0.2, -0.15) is 4.98 Å². The zero-order chi connectivity index (χ0) is 13.7. The number of nitrogens with zero attached hydrogens (tertiary/aromatic N) is 3. The van der Waals surface area contributed by atoms with Crippen molar-refractivity contribution in [3.8, 4) is 0 Å². The number of nitrogens with one attached hydrogen (secondary N) is 2. The number of pyridine rings is 1. The van der Waals surface area contributed by atoms with Gasteiger partial charge in [0.05, 0.1) is 6.54 Å². The van der Waals surface area contributed by atoms with E-state index in [2.05, 4.69) is 30.3 Å². The first-order valence-electron chi connectivity index (χ1n) is 5.79. The summed E-state index contributed by atoms with van der Waals surface area (Å²) in [7, 11) is 0. The molecule has 0 saturated heterocycles. The second kappa shape index (κ2) is 6.07. The lowest BCUT2D eigenvalue weighted by Crippen LogP contribution is -2.10. The summed E-state index contributed by atoms with van der Waals surface area (Å²) < 4.78 is 31.5. The van der Waals surface area contributed by atoms with E-state index in [-0.39, 0.29) is 18.2 Å². The first-order chi connectivity index (χ1) is 9.20. The van der Waals surface area contributed by atoms with Gasteiger partial charge >= 0.3 is 0 Å². The second-order valence-corrected chi connectivity index (χ2v) is 3.78. The molecule has 0 unspecified atom stereocenters. The normalized spacial score (nSPS) is 10.5. The molecular formula is C11H13F2N5O. The highest BCUT2D eigenvalue weighted by molar-refractivity contribution is 5.47. The highest BCUT2D eigenvalue weighted by atomic mass is 19.1. The lowest BCUT2D eigenvalue weighted by atomic mass is 10.3. The van der Waals surface area contributed by atoms with Gasteiger partial charge in [-0.25, -0.2) is 13.8 Å². The van der Waals surface area contributed by atoms with Crippen LogP contribution in [0.3, 0.4) is 0 Å². The summed E-state index contributed by atoms with van der Waals surface area (Å²) in [6.45, 7) is 2.63. The number of aromatic nitrogens is 3. The Kier molecular flexibility index (Phi) is 4.22. The number of hydrogen-bond acceptors (Lipinski definition) is 6. The first-order valence-corrected chi connectivity index (χ1v) is 5.79. The molecule has 0 spiro atoms. The fourth-order valence-electron chi connectivity index (χ4n) is 1.39. The van der Waals surface area contributed by atoms with E-state index < -0.39 is 11.6 Å². The third-order valence-corrected chi connectivity index (χ3v) is 2.29. The second-order valence-electron chi connectivity index (χ2n) is 3.78. The summed E-state index contributed by atoms with van der Waals surface area (Å²) in [5.41, 5.74) is 0. The first kappa shape index (κ1) is 13.2. The minimum atomic E-state index is -0.775. The van der Waals surface area contributed by atoms with E-state index in [0.717, 1.165) is 12.5 Å². The molecule has 2 N–H and O–H groups in total. The SMILES string of the molecule is CCCNc1nc(NCc2ncon2)c(F)cc1F. The van der Waals surface area contributed by atoms with Gasteiger partial charge in [-0.15, -0.1) is 0 Å². The van der Waals surface area contributed by atoms with Crippen LogP contribution in [0.4, 0.5) is 20.4 Å². The Morgan fingerprint density at radius 1 is 1.21 bits per heavy atom. The monoisotopic (exact) mass is 269 g/mol. The lowest BCUT2D eigenvalue weighted by Gasteiger charge is -2.09. The van der Waals surface area contributed by atoms with Gasteiger partial charge in [0.25, 0.3) is 0 Å². The van der Waals surface area contributed by atoms with Crippen LogP contribution in [0.25, 0.3) is 0 Å². The van der Waals surface area contributed by atoms with Crippen LogP contribution < -0.4 is 10.6 Å². The highest BCUT2D eigenvalue weighted by Crippen LogP contribution is 2.19. The number of rotatable bonds is 6. The molecule has 0 aliphatic carbocycles. The number of hydrogen-bond donors (Lipinski definition) is 2. The molecule has 2 heterocycles. The minimum absolute atomic E-state index is 0.0128. The highest BCUT2D eigenvalue weighted by Gasteiger charge is 2.12. The van der Waals surface area contributed by atoms with Crippen molar-refractivity contribution >= 4 is 11.6 Å². The van der Waals surface area contributed by atoms with Crippen molar-refractivity contribution in [2.75, 3.05) is 17.2 Å². The van der Waals surface area contributed by atoms with Crippen molar-refractivity contribution in [3.63, 3.8) is 0 Å².